The highest BCUT2D eigenvalue weighted by atomic mass is 16.5. The first-order chi connectivity index (χ1) is 6.56. The fourth-order valence-electron chi connectivity index (χ4n) is 1.32. The Morgan fingerprint density at radius 3 is 2.14 bits per heavy atom. The molecule has 0 rings (SSSR count). The molecule has 0 aliphatic carbocycles. The SMILES string of the molecule is CCCCCCCCOCC(C)(C)N. The summed E-state index contributed by atoms with van der Waals surface area (Å²) in [5, 5.41) is 0. The number of ether oxygens (including phenoxy) is 1. The molecule has 2 heteroatoms. The molecule has 86 valence electrons. The van der Waals surface area contributed by atoms with Crippen molar-refractivity contribution in [1.29, 1.82) is 0 Å². The smallest absolute Gasteiger partial charge is 0.0640 e. The highest BCUT2D eigenvalue weighted by Gasteiger charge is 2.09. The third-order valence-corrected chi connectivity index (χ3v) is 2.12. The van der Waals surface area contributed by atoms with Crippen molar-refractivity contribution in [3.05, 3.63) is 0 Å². The molecule has 0 saturated carbocycles. The normalized spacial score (nSPS) is 12.0. The van der Waals surface area contributed by atoms with Gasteiger partial charge in [0.1, 0.15) is 0 Å². The maximum atomic E-state index is 5.79. The summed E-state index contributed by atoms with van der Waals surface area (Å²) in [4.78, 5) is 0. The van der Waals surface area contributed by atoms with Gasteiger partial charge in [0.2, 0.25) is 0 Å². The van der Waals surface area contributed by atoms with Gasteiger partial charge < -0.3 is 10.5 Å². The van der Waals surface area contributed by atoms with Crippen LogP contribution in [-0.2, 0) is 4.74 Å². The van der Waals surface area contributed by atoms with Crippen LogP contribution >= 0.6 is 0 Å². The quantitative estimate of drug-likeness (QED) is 0.582. The van der Waals surface area contributed by atoms with Gasteiger partial charge in [0.15, 0.2) is 0 Å². The molecule has 0 aliphatic rings. The second-order valence-electron chi connectivity index (χ2n) is 4.81. The zero-order valence-electron chi connectivity index (χ0n) is 10.1. The molecule has 0 spiro atoms. The summed E-state index contributed by atoms with van der Waals surface area (Å²) >= 11 is 0. The van der Waals surface area contributed by atoms with E-state index < -0.39 is 0 Å². The number of rotatable bonds is 9. The molecule has 0 aliphatic heterocycles. The van der Waals surface area contributed by atoms with Crippen molar-refractivity contribution in [2.24, 2.45) is 5.73 Å². The van der Waals surface area contributed by atoms with Gasteiger partial charge in [-0.2, -0.15) is 0 Å². The highest BCUT2D eigenvalue weighted by molar-refractivity contribution is 4.69. The molecule has 0 radical (unpaired) electrons. The minimum Gasteiger partial charge on any atom is -0.380 e. The van der Waals surface area contributed by atoms with Gasteiger partial charge in [0, 0.05) is 12.1 Å². The standard InChI is InChI=1S/C12H27NO/c1-4-5-6-7-8-9-10-14-11-12(2,3)13/h4-11,13H2,1-3H3. The molecular formula is C12H27NO. The van der Waals surface area contributed by atoms with Crippen LogP contribution in [-0.4, -0.2) is 18.8 Å². The summed E-state index contributed by atoms with van der Waals surface area (Å²) in [5.74, 6) is 0. The van der Waals surface area contributed by atoms with Crippen molar-refractivity contribution in [3.8, 4) is 0 Å². The molecule has 0 fully saturated rings. The molecule has 0 atom stereocenters. The van der Waals surface area contributed by atoms with Gasteiger partial charge in [0.25, 0.3) is 0 Å². The van der Waals surface area contributed by atoms with Crippen molar-refractivity contribution in [3.63, 3.8) is 0 Å². The highest BCUT2D eigenvalue weighted by Crippen LogP contribution is 2.05. The lowest BCUT2D eigenvalue weighted by Gasteiger charge is -2.18. The van der Waals surface area contributed by atoms with E-state index in [9.17, 15) is 0 Å². The maximum absolute atomic E-state index is 5.79. The lowest BCUT2D eigenvalue weighted by molar-refractivity contribution is 0.0940. The van der Waals surface area contributed by atoms with E-state index in [4.69, 9.17) is 10.5 Å². The van der Waals surface area contributed by atoms with Gasteiger partial charge in [-0.1, -0.05) is 39.0 Å². The zero-order chi connectivity index (χ0) is 10.9. The molecular weight excluding hydrogens is 174 g/mol. The van der Waals surface area contributed by atoms with Crippen LogP contribution in [0.4, 0.5) is 0 Å². The minimum absolute atomic E-state index is 0.178. The predicted molar refractivity (Wildman–Crippen MR) is 62.5 cm³/mol. The third kappa shape index (κ3) is 11.9. The fourth-order valence-corrected chi connectivity index (χ4v) is 1.32. The van der Waals surface area contributed by atoms with Gasteiger partial charge in [-0.25, -0.2) is 0 Å². The lowest BCUT2D eigenvalue weighted by Crippen LogP contribution is -2.37. The molecule has 14 heavy (non-hydrogen) atoms. The van der Waals surface area contributed by atoms with Gasteiger partial charge in [-0.3, -0.25) is 0 Å². The Kier molecular flexibility index (Phi) is 8.20. The second kappa shape index (κ2) is 8.25. The Morgan fingerprint density at radius 1 is 1.00 bits per heavy atom. The van der Waals surface area contributed by atoms with Crippen LogP contribution in [0.15, 0.2) is 0 Å². The van der Waals surface area contributed by atoms with E-state index in [2.05, 4.69) is 6.92 Å². The van der Waals surface area contributed by atoms with Crippen LogP contribution in [0.2, 0.25) is 0 Å². The van der Waals surface area contributed by atoms with E-state index in [-0.39, 0.29) is 5.54 Å². The predicted octanol–water partition coefficient (Wildman–Crippen LogP) is 3.10. The number of hydrogen-bond donors (Lipinski definition) is 1. The van der Waals surface area contributed by atoms with E-state index in [1.165, 1.54) is 38.5 Å². The molecule has 0 aromatic carbocycles. The van der Waals surface area contributed by atoms with Crippen LogP contribution < -0.4 is 5.73 Å². The first kappa shape index (κ1) is 13.9. The van der Waals surface area contributed by atoms with Crippen LogP contribution in [0, 0.1) is 0 Å². The molecule has 0 aromatic heterocycles. The van der Waals surface area contributed by atoms with Gasteiger partial charge in [-0.05, 0) is 20.3 Å². The summed E-state index contributed by atoms with van der Waals surface area (Å²) < 4.78 is 5.48. The average Bonchev–Trinajstić information content (AvgIpc) is 2.08. The molecule has 0 amide bonds. The zero-order valence-corrected chi connectivity index (χ0v) is 10.1. The molecule has 0 bridgehead atoms. The van der Waals surface area contributed by atoms with Crippen LogP contribution in [0.3, 0.4) is 0 Å². The van der Waals surface area contributed by atoms with Crippen molar-refractivity contribution < 1.29 is 4.74 Å². The summed E-state index contributed by atoms with van der Waals surface area (Å²) in [5.41, 5.74) is 5.61. The molecule has 0 unspecified atom stereocenters. The summed E-state index contributed by atoms with van der Waals surface area (Å²) in [7, 11) is 0. The summed E-state index contributed by atoms with van der Waals surface area (Å²) in [6.07, 6.45) is 7.89. The van der Waals surface area contributed by atoms with Crippen molar-refractivity contribution in [1.82, 2.24) is 0 Å². The van der Waals surface area contributed by atoms with E-state index in [1.54, 1.807) is 0 Å². The number of unbranched alkanes of at least 4 members (excludes halogenated alkanes) is 5. The first-order valence-corrected chi connectivity index (χ1v) is 5.93. The topological polar surface area (TPSA) is 35.2 Å². The average molecular weight is 201 g/mol. The monoisotopic (exact) mass is 201 g/mol. The Labute approximate surface area is 89.2 Å². The van der Waals surface area contributed by atoms with E-state index in [0.29, 0.717) is 6.61 Å². The molecule has 2 N–H and O–H groups in total. The number of nitrogens with two attached hydrogens (primary N) is 1. The van der Waals surface area contributed by atoms with Crippen LogP contribution in [0.5, 0.6) is 0 Å². The van der Waals surface area contributed by atoms with Crippen molar-refractivity contribution >= 4 is 0 Å². The van der Waals surface area contributed by atoms with Gasteiger partial charge >= 0.3 is 0 Å². The Bertz CT molecular complexity index is 118. The molecule has 2 nitrogen and oxygen atoms in total. The first-order valence-electron chi connectivity index (χ1n) is 5.93. The molecule has 0 heterocycles. The Morgan fingerprint density at radius 2 is 1.57 bits per heavy atom. The maximum Gasteiger partial charge on any atom is 0.0640 e. The molecule has 0 saturated heterocycles. The second-order valence-corrected chi connectivity index (χ2v) is 4.81. The summed E-state index contributed by atoms with van der Waals surface area (Å²) in [6.45, 7) is 7.77. The third-order valence-electron chi connectivity index (χ3n) is 2.12. The van der Waals surface area contributed by atoms with Crippen molar-refractivity contribution in [2.75, 3.05) is 13.2 Å². The van der Waals surface area contributed by atoms with E-state index >= 15 is 0 Å². The largest absolute Gasteiger partial charge is 0.380 e. The van der Waals surface area contributed by atoms with Crippen LogP contribution in [0.1, 0.15) is 59.3 Å². The Hall–Kier alpha value is -0.0800. The van der Waals surface area contributed by atoms with E-state index in [0.717, 1.165) is 6.61 Å². The fraction of sp³-hybridized carbons (Fsp3) is 1.00. The Balaban J connectivity index is 2.99. The lowest BCUT2D eigenvalue weighted by atomic mass is 10.1. The minimum atomic E-state index is -0.178. The van der Waals surface area contributed by atoms with Crippen LogP contribution in [0.25, 0.3) is 0 Å². The molecule has 0 aromatic rings. The van der Waals surface area contributed by atoms with Gasteiger partial charge in [0.05, 0.1) is 6.61 Å². The van der Waals surface area contributed by atoms with Gasteiger partial charge in [-0.15, -0.1) is 0 Å². The van der Waals surface area contributed by atoms with E-state index in [1.807, 2.05) is 13.8 Å². The number of hydrogen-bond acceptors (Lipinski definition) is 2. The van der Waals surface area contributed by atoms with Crippen molar-refractivity contribution in [2.45, 2.75) is 64.8 Å². The summed E-state index contributed by atoms with van der Waals surface area (Å²) in [6, 6.07) is 0.